The molecule has 0 spiro atoms. The molecule has 1 aliphatic heterocycles. The maximum atomic E-state index is 13.2. The van der Waals surface area contributed by atoms with Gasteiger partial charge in [-0.05, 0) is 38.8 Å². The summed E-state index contributed by atoms with van der Waals surface area (Å²) in [5.41, 5.74) is 2.50. The largest absolute Gasteiger partial charge is 0.359 e. The highest BCUT2D eigenvalue weighted by Gasteiger charge is 2.34. The third-order valence-electron chi connectivity index (χ3n) is 4.55. The number of nitrogens with zero attached hydrogens (tertiary/aromatic N) is 3. The van der Waals surface area contributed by atoms with Crippen molar-refractivity contribution in [3.05, 3.63) is 57.4 Å². The van der Waals surface area contributed by atoms with E-state index < -0.39 is 0 Å². The molecule has 1 atom stereocenters. The summed E-state index contributed by atoms with van der Waals surface area (Å²) >= 11 is 7.49. The second-order valence-corrected chi connectivity index (χ2v) is 7.91. The van der Waals surface area contributed by atoms with E-state index in [9.17, 15) is 4.79 Å². The zero-order valence-corrected chi connectivity index (χ0v) is 16.1. The lowest BCUT2D eigenvalue weighted by atomic mass is 10.1. The number of thiazole rings is 1. The highest BCUT2D eigenvalue weighted by atomic mass is 35.5. The summed E-state index contributed by atoms with van der Waals surface area (Å²) in [6, 6.07) is 9.38. The first-order valence-corrected chi connectivity index (χ1v) is 9.70. The van der Waals surface area contributed by atoms with Gasteiger partial charge in [0.1, 0.15) is 9.88 Å². The SMILES string of the molecule is Cc1cc([C@@H]2CCCN2C(=O)c2sc(-c3cccc(Cl)c3)nc2C)on1. The van der Waals surface area contributed by atoms with Crippen LogP contribution >= 0.6 is 22.9 Å². The maximum absolute atomic E-state index is 13.2. The van der Waals surface area contributed by atoms with E-state index in [1.54, 1.807) is 0 Å². The van der Waals surface area contributed by atoms with Crippen LogP contribution in [0.4, 0.5) is 0 Å². The predicted molar refractivity (Wildman–Crippen MR) is 102 cm³/mol. The number of amides is 1. The second kappa shape index (κ2) is 6.85. The third-order valence-corrected chi connectivity index (χ3v) is 5.98. The van der Waals surface area contributed by atoms with Crippen molar-refractivity contribution in [2.24, 2.45) is 0 Å². The van der Waals surface area contributed by atoms with E-state index in [0.717, 1.165) is 40.6 Å². The van der Waals surface area contributed by atoms with Crippen molar-refractivity contribution >= 4 is 28.8 Å². The Balaban J connectivity index is 1.64. The van der Waals surface area contributed by atoms with Gasteiger partial charge >= 0.3 is 0 Å². The van der Waals surface area contributed by atoms with Crippen LogP contribution in [-0.2, 0) is 0 Å². The molecule has 1 amide bonds. The molecule has 0 radical (unpaired) electrons. The molecule has 1 saturated heterocycles. The summed E-state index contributed by atoms with van der Waals surface area (Å²) in [6.45, 7) is 4.48. The Morgan fingerprint density at radius 3 is 2.92 bits per heavy atom. The zero-order chi connectivity index (χ0) is 18.3. The van der Waals surface area contributed by atoms with E-state index in [1.165, 1.54) is 11.3 Å². The molecule has 2 aromatic heterocycles. The molecule has 1 aromatic carbocycles. The minimum Gasteiger partial charge on any atom is -0.359 e. The Bertz CT molecular complexity index is 965. The number of aryl methyl sites for hydroxylation is 2. The Morgan fingerprint density at radius 1 is 1.35 bits per heavy atom. The van der Waals surface area contributed by atoms with Crippen molar-refractivity contribution in [1.29, 1.82) is 0 Å². The molecule has 0 unspecified atom stereocenters. The summed E-state index contributed by atoms with van der Waals surface area (Å²) in [5.74, 6) is 0.760. The van der Waals surface area contributed by atoms with E-state index in [1.807, 2.05) is 49.1 Å². The molecule has 26 heavy (non-hydrogen) atoms. The van der Waals surface area contributed by atoms with E-state index in [2.05, 4.69) is 10.1 Å². The van der Waals surface area contributed by atoms with E-state index in [4.69, 9.17) is 16.1 Å². The standard InChI is InChI=1S/C19H18ClN3O2S/c1-11-9-16(25-22-11)15-7-4-8-23(15)19(24)17-12(2)21-18(26-17)13-5-3-6-14(20)10-13/h3,5-6,9-10,15H,4,7-8H2,1-2H3/t15-/m0/s1. The summed E-state index contributed by atoms with van der Waals surface area (Å²) in [5, 5.41) is 5.42. The van der Waals surface area contributed by atoms with Gasteiger partial charge in [0.05, 0.1) is 17.4 Å². The lowest BCUT2D eigenvalue weighted by molar-refractivity contribution is 0.0718. The van der Waals surface area contributed by atoms with Crippen LogP contribution in [0.3, 0.4) is 0 Å². The number of carbonyl (C=O) groups is 1. The first kappa shape index (κ1) is 17.2. The molecular formula is C19H18ClN3O2S. The molecule has 0 bridgehead atoms. The van der Waals surface area contributed by atoms with Gasteiger partial charge in [0.25, 0.3) is 5.91 Å². The van der Waals surface area contributed by atoms with Crippen LogP contribution in [0.2, 0.25) is 5.02 Å². The number of rotatable bonds is 3. The van der Waals surface area contributed by atoms with E-state index in [0.29, 0.717) is 16.4 Å². The summed E-state index contributed by atoms with van der Waals surface area (Å²) in [7, 11) is 0. The fourth-order valence-corrected chi connectivity index (χ4v) is 4.53. The fourth-order valence-electron chi connectivity index (χ4n) is 3.32. The molecule has 134 valence electrons. The Morgan fingerprint density at radius 2 is 2.19 bits per heavy atom. The lowest BCUT2D eigenvalue weighted by Crippen LogP contribution is -2.30. The lowest BCUT2D eigenvalue weighted by Gasteiger charge is -2.22. The zero-order valence-electron chi connectivity index (χ0n) is 14.5. The van der Waals surface area contributed by atoms with Crippen LogP contribution in [0.1, 0.15) is 45.7 Å². The number of benzene rings is 1. The average Bonchev–Trinajstić information content (AvgIpc) is 3.33. The van der Waals surface area contributed by atoms with Crippen LogP contribution in [0.5, 0.6) is 0 Å². The second-order valence-electron chi connectivity index (χ2n) is 6.47. The molecule has 1 aliphatic rings. The Kier molecular flexibility index (Phi) is 4.54. The normalized spacial score (nSPS) is 17.0. The van der Waals surface area contributed by atoms with E-state index >= 15 is 0 Å². The number of aromatic nitrogens is 2. The van der Waals surface area contributed by atoms with Crippen molar-refractivity contribution in [1.82, 2.24) is 15.0 Å². The molecule has 5 nitrogen and oxygen atoms in total. The van der Waals surface area contributed by atoms with Crippen LogP contribution in [0.25, 0.3) is 10.6 Å². The topological polar surface area (TPSA) is 59.2 Å². The van der Waals surface area contributed by atoms with Gasteiger partial charge in [0.15, 0.2) is 5.76 Å². The number of carbonyl (C=O) groups excluding carboxylic acids is 1. The average molecular weight is 388 g/mol. The molecule has 7 heteroatoms. The van der Waals surface area contributed by atoms with Crippen molar-refractivity contribution in [2.75, 3.05) is 6.54 Å². The first-order valence-electron chi connectivity index (χ1n) is 8.50. The van der Waals surface area contributed by atoms with Gasteiger partial charge in [-0.15, -0.1) is 11.3 Å². The minimum absolute atomic E-state index is 0.00447. The quantitative estimate of drug-likeness (QED) is 0.631. The van der Waals surface area contributed by atoms with E-state index in [-0.39, 0.29) is 11.9 Å². The predicted octanol–water partition coefficient (Wildman–Crippen LogP) is 5.05. The molecule has 0 saturated carbocycles. The van der Waals surface area contributed by atoms with Crippen molar-refractivity contribution < 1.29 is 9.32 Å². The fraction of sp³-hybridized carbons (Fsp3) is 0.316. The van der Waals surface area contributed by atoms with Crippen molar-refractivity contribution in [3.63, 3.8) is 0 Å². The summed E-state index contributed by atoms with van der Waals surface area (Å²) in [4.78, 5) is 20.3. The molecule has 0 N–H and O–H groups in total. The van der Waals surface area contributed by atoms with Crippen molar-refractivity contribution in [2.45, 2.75) is 32.7 Å². The van der Waals surface area contributed by atoms with Crippen LogP contribution in [-0.4, -0.2) is 27.5 Å². The van der Waals surface area contributed by atoms with Crippen LogP contribution < -0.4 is 0 Å². The molecule has 3 aromatic rings. The van der Waals surface area contributed by atoms with Gasteiger partial charge in [0, 0.05) is 23.2 Å². The Labute approximate surface area is 160 Å². The molecule has 1 fully saturated rings. The number of hydrogen-bond acceptors (Lipinski definition) is 5. The first-order chi connectivity index (χ1) is 12.5. The smallest absolute Gasteiger partial charge is 0.266 e. The third kappa shape index (κ3) is 3.15. The number of hydrogen-bond donors (Lipinski definition) is 0. The monoisotopic (exact) mass is 387 g/mol. The van der Waals surface area contributed by atoms with Gasteiger partial charge < -0.3 is 9.42 Å². The highest BCUT2D eigenvalue weighted by molar-refractivity contribution is 7.17. The minimum atomic E-state index is -0.0557. The summed E-state index contributed by atoms with van der Waals surface area (Å²) < 4.78 is 5.41. The van der Waals surface area contributed by atoms with Gasteiger partial charge in [0.2, 0.25) is 0 Å². The van der Waals surface area contributed by atoms with Crippen LogP contribution in [0, 0.1) is 13.8 Å². The van der Waals surface area contributed by atoms with Gasteiger partial charge in [-0.3, -0.25) is 4.79 Å². The highest BCUT2D eigenvalue weighted by Crippen LogP contribution is 2.36. The Hall–Kier alpha value is -2.18. The summed E-state index contributed by atoms with van der Waals surface area (Å²) in [6.07, 6.45) is 1.84. The number of likely N-dealkylation sites (tertiary alicyclic amines) is 1. The molecular weight excluding hydrogens is 370 g/mol. The van der Waals surface area contributed by atoms with Crippen LogP contribution in [0.15, 0.2) is 34.9 Å². The number of halogens is 1. The molecule has 0 aliphatic carbocycles. The molecule has 4 rings (SSSR count). The van der Waals surface area contributed by atoms with Gasteiger partial charge in [-0.1, -0.05) is 28.9 Å². The van der Waals surface area contributed by atoms with Gasteiger partial charge in [-0.2, -0.15) is 0 Å². The van der Waals surface area contributed by atoms with Crippen molar-refractivity contribution in [3.8, 4) is 10.6 Å². The molecule has 3 heterocycles. The van der Waals surface area contributed by atoms with Gasteiger partial charge in [-0.25, -0.2) is 4.98 Å². The maximum Gasteiger partial charge on any atom is 0.266 e.